The van der Waals surface area contributed by atoms with Crippen molar-refractivity contribution in [2.75, 3.05) is 12.1 Å². The standard InChI is InChI=1S/C15H23F2N6O4P/c1-8(2)27-14(24)9(3)22-28(25)7-26-11(12(16)17)4-10-5-21-23-13(10)19-6-20-15(23)18/h5-6,8-9,11-12,28H,4,7H2,1-3H3,(H,22,25)(H2,18,19,20)/t9-,11+/m0/s1. The van der Waals surface area contributed by atoms with Crippen molar-refractivity contribution in [3.63, 3.8) is 0 Å². The highest BCUT2D eigenvalue weighted by molar-refractivity contribution is 7.42. The van der Waals surface area contributed by atoms with Crippen LogP contribution in [0, 0.1) is 0 Å². The summed E-state index contributed by atoms with van der Waals surface area (Å²) in [5.41, 5.74) is 6.33. The average Bonchev–Trinajstić information content (AvgIpc) is 3.02. The summed E-state index contributed by atoms with van der Waals surface area (Å²) in [6.07, 6.45) is -2.79. The van der Waals surface area contributed by atoms with Crippen molar-refractivity contribution in [1.82, 2.24) is 24.7 Å². The van der Waals surface area contributed by atoms with Crippen LogP contribution in [0.5, 0.6) is 0 Å². The van der Waals surface area contributed by atoms with Crippen molar-refractivity contribution < 1.29 is 27.6 Å². The van der Waals surface area contributed by atoms with E-state index in [2.05, 4.69) is 20.2 Å². The molecule has 0 aliphatic carbocycles. The van der Waals surface area contributed by atoms with Gasteiger partial charge in [-0.05, 0) is 20.8 Å². The molecule has 1 unspecified atom stereocenters. The van der Waals surface area contributed by atoms with Crippen LogP contribution in [0.2, 0.25) is 0 Å². The fraction of sp³-hybridized carbons (Fsp3) is 0.600. The molecular formula is C15H23F2N6O4P. The van der Waals surface area contributed by atoms with Crippen LogP contribution in [0.4, 0.5) is 14.7 Å². The van der Waals surface area contributed by atoms with E-state index in [1.807, 2.05) is 0 Å². The van der Waals surface area contributed by atoms with Gasteiger partial charge in [-0.15, -0.1) is 0 Å². The summed E-state index contributed by atoms with van der Waals surface area (Å²) in [5, 5.41) is 6.48. The second kappa shape index (κ2) is 9.85. The van der Waals surface area contributed by atoms with Crippen molar-refractivity contribution in [3.8, 4) is 0 Å². The summed E-state index contributed by atoms with van der Waals surface area (Å²) in [7, 11) is -2.65. The Morgan fingerprint density at radius 3 is 2.71 bits per heavy atom. The lowest BCUT2D eigenvalue weighted by molar-refractivity contribution is -0.148. The fourth-order valence-corrected chi connectivity index (χ4v) is 3.37. The van der Waals surface area contributed by atoms with Crippen LogP contribution in [0.1, 0.15) is 26.3 Å². The number of nitrogens with one attached hydrogen (secondary N) is 1. The number of alkyl halides is 2. The minimum atomic E-state index is -2.83. The molecule has 3 N–H and O–H groups in total. The van der Waals surface area contributed by atoms with Crippen molar-refractivity contribution in [1.29, 1.82) is 0 Å². The minimum absolute atomic E-state index is 0.0716. The molecule has 0 radical (unpaired) electrons. The number of nitrogens with two attached hydrogens (primary N) is 1. The second-order valence-corrected chi connectivity index (χ2v) is 7.72. The third kappa shape index (κ3) is 5.91. The zero-order valence-corrected chi connectivity index (χ0v) is 16.6. The number of hydrogen-bond acceptors (Lipinski definition) is 8. The number of fused-ring (bicyclic) bond motifs is 1. The number of anilines is 1. The van der Waals surface area contributed by atoms with E-state index in [0.717, 1.165) is 0 Å². The Morgan fingerprint density at radius 1 is 1.36 bits per heavy atom. The smallest absolute Gasteiger partial charge is 0.323 e. The molecule has 0 bridgehead atoms. The predicted octanol–water partition coefficient (Wildman–Crippen LogP) is 1.26. The van der Waals surface area contributed by atoms with Gasteiger partial charge in [0.2, 0.25) is 5.95 Å². The molecule has 3 atom stereocenters. The molecule has 0 saturated heterocycles. The van der Waals surface area contributed by atoms with Gasteiger partial charge in [0.15, 0.2) is 13.6 Å². The maximum absolute atomic E-state index is 13.4. The first-order chi connectivity index (χ1) is 13.2. The van der Waals surface area contributed by atoms with Gasteiger partial charge in [0.05, 0.1) is 12.3 Å². The quantitative estimate of drug-likeness (QED) is 0.430. The number of carbonyl (C=O) groups excluding carboxylic acids is 1. The predicted molar refractivity (Wildman–Crippen MR) is 97.5 cm³/mol. The monoisotopic (exact) mass is 420 g/mol. The lowest BCUT2D eigenvalue weighted by Gasteiger charge is -2.18. The molecule has 0 aromatic carbocycles. The molecule has 2 rings (SSSR count). The number of hydrogen-bond donors (Lipinski definition) is 2. The second-order valence-electron chi connectivity index (χ2n) is 6.30. The van der Waals surface area contributed by atoms with E-state index >= 15 is 0 Å². The fourth-order valence-electron chi connectivity index (χ4n) is 2.32. The SMILES string of the molecule is CC(C)OC(=O)[C@H](C)N[PH](=O)CO[C@H](Cc1cnn2c(N)ncnc12)C(F)F. The topological polar surface area (TPSA) is 134 Å². The Labute approximate surface area is 160 Å². The molecule has 2 aromatic rings. The lowest BCUT2D eigenvalue weighted by Crippen LogP contribution is -2.33. The van der Waals surface area contributed by atoms with Crippen LogP contribution in [-0.2, 0) is 25.3 Å². The summed E-state index contributed by atoms with van der Waals surface area (Å²) in [6.45, 7) is 4.84. The van der Waals surface area contributed by atoms with Gasteiger partial charge in [-0.1, -0.05) is 0 Å². The molecule has 156 valence electrons. The normalized spacial score (nSPS) is 15.1. The van der Waals surface area contributed by atoms with Crippen LogP contribution in [-0.4, -0.2) is 56.6 Å². The number of aromatic nitrogens is 4. The molecule has 10 nitrogen and oxygen atoms in total. The van der Waals surface area contributed by atoms with E-state index in [-0.39, 0.29) is 24.1 Å². The van der Waals surface area contributed by atoms with Gasteiger partial charge in [-0.2, -0.15) is 9.61 Å². The molecule has 0 amide bonds. The molecule has 0 fully saturated rings. The maximum atomic E-state index is 13.4. The van der Waals surface area contributed by atoms with E-state index < -0.39 is 38.8 Å². The van der Waals surface area contributed by atoms with Gasteiger partial charge in [-0.25, -0.2) is 18.7 Å². The summed E-state index contributed by atoms with van der Waals surface area (Å²) in [4.78, 5) is 19.4. The summed E-state index contributed by atoms with van der Waals surface area (Å²) in [6, 6.07) is -0.846. The zero-order chi connectivity index (χ0) is 20.8. The van der Waals surface area contributed by atoms with E-state index in [1.54, 1.807) is 13.8 Å². The molecule has 2 aromatic heterocycles. The van der Waals surface area contributed by atoms with Crippen LogP contribution in [0.3, 0.4) is 0 Å². The highest BCUT2D eigenvalue weighted by Crippen LogP contribution is 2.22. The van der Waals surface area contributed by atoms with Gasteiger partial charge in [-0.3, -0.25) is 9.88 Å². The van der Waals surface area contributed by atoms with Crippen molar-refractivity contribution in [2.24, 2.45) is 0 Å². The van der Waals surface area contributed by atoms with E-state index in [4.69, 9.17) is 15.2 Å². The number of ether oxygens (including phenoxy) is 2. The summed E-state index contributed by atoms with van der Waals surface area (Å²) in [5.74, 6) is -0.510. The maximum Gasteiger partial charge on any atom is 0.323 e. The highest BCUT2D eigenvalue weighted by Gasteiger charge is 2.25. The van der Waals surface area contributed by atoms with Crippen molar-refractivity contribution in [2.45, 2.75) is 51.9 Å². The minimum Gasteiger partial charge on any atom is -0.462 e. The van der Waals surface area contributed by atoms with E-state index in [9.17, 15) is 18.1 Å². The molecule has 13 heteroatoms. The number of carbonyl (C=O) groups is 1. The molecule has 0 aliphatic rings. The number of nitrogens with zero attached hydrogens (tertiary/aromatic N) is 4. The first-order valence-electron chi connectivity index (χ1n) is 8.51. The van der Waals surface area contributed by atoms with Crippen LogP contribution in [0.15, 0.2) is 12.5 Å². The number of esters is 1. The zero-order valence-electron chi connectivity index (χ0n) is 15.6. The summed E-state index contributed by atoms with van der Waals surface area (Å²) < 4.78 is 50.1. The third-order valence-corrected chi connectivity index (χ3v) is 4.80. The van der Waals surface area contributed by atoms with E-state index in [0.29, 0.717) is 5.56 Å². The van der Waals surface area contributed by atoms with Crippen molar-refractivity contribution in [3.05, 3.63) is 18.1 Å². The Morgan fingerprint density at radius 2 is 2.07 bits per heavy atom. The Hall–Kier alpha value is -2.17. The Balaban J connectivity index is 1.95. The highest BCUT2D eigenvalue weighted by atomic mass is 31.1. The van der Waals surface area contributed by atoms with Crippen LogP contribution < -0.4 is 10.8 Å². The largest absolute Gasteiger partial charge is 0.462 e. The molecular weight excluding hydrogens is 397 g/mol. The van der Waals surface area contributed by atoms with E-state index in [1.165, 1.54) is 24.0 Å². The molecule has 0 saturated carbocycles. The van der Waals surface area contributed by atoms with Gasteiger partial charge >= 0.3 is 5.97 Å². The van der Waals surface area contributed by atoms with Gasteiger partial charge in [0, 0.05) is 12.0 Å². The number of rotatable bonds is 10. The average molecular weight is 420 g/mol. The van der Waals surface area contributed by atoms with Gasteiger partial charge < -0.3 is 19.8 Å². The lowest BCUT2D eigenvalue weighted by atomic mass is 10.1. The molecule has 0 spiro atoms. The van der Waals surface area contributed by atoms with Gasteiger partial charge in [0.1, 0.15) is 24.8 Å². The Bertz CT molecular complexity index is 834. The molecule has 0 aliphatic heterocycles. The molecule has 28 heavy (non-hydrogen) atoms. The molecule has 2 heterocycles. The first kappa shape index (κ1) is 22.1. The summed E-state index contributed by atoms with van der Waals surface area (Å²) >= 11 is 0. The number of nitrogen functional groups attached to an aromatic ring is 1. The van der Waals surface area contributed by atoms with Crippen LogP contribution >= 0.6 is 7.95 Å². The van der Waals surface area contributed by atoms with Gasteiger partial charge in [0.25, 0.3) is 6.43 Å². The first-order valence-corrected chi connectivity index (χ1v) is 10.1. The number of halogens is 2. The third-order valence-electron chi connectivity index (χ3n) is 3.62. The van der Waals surface area contributed by atoms with Crippen molar-refractivity contribution >= 4 is 25.5 Å². The van der Waals surface area contributed by atoms with Crippen LogP contribution in [0.25, 0.3) is 5.65 Å². The Kier molecular flexibility index (Phi) is 7.78.